The number of nitrogens with one attached hydrogen (secondary N) is 1. The number of benzene rings is 1. The second kappa shape index (κ2) is 6.12. The molecule has 0 saturated heterocycles. The van der Waals surface area contributed by atoms with Crippen LogP contribution in [0.3, 0.4) is 0 Å². The van der Waals surface area contributed by atoms with Crippen LogP contribution in [0.15, 0.2) is 35.8 Å². The van der Waals surface area contributed by atoms with Crippen molar-refractivity contribution in [1.82, 2.24) is 10.3 Å². The summed E-state index contributed by atoms with van der Waals surface area (Å²) in [7, 11) is 0. The van der Waals surface area contributed by atoms with E-state index in [1.54, 1.807) is 11.3 Å². The third-order valence-corrected chi connectivity index (χ3v) is 4.10. The predicted molar refractivity (Wildman–Crippen MR) is 78.0 cm³/mol. The van der Waals surface area contributed by atoms with Crippen LogP contribution < -0.4 is 5.32 Å². The van der Waals surface area contributed by atoms with E-state index in [9.17, 15) is 0 Å². The zero-order valence-corrected chi connectivity index (χ0v) is 12.0. The third-order valence-electron chi connectivity index (χ3n) is 3.14. The molecule has 2 nitrogen and oxygen atoms in total. The number of aromatic nitrogens is 1. The second-order valence-corrected chi connectivity index (χ2v) is 5.72. The summed E-state index contributed by atoms with van der Waals surface area (Å²) in [5.41, 5.74) is 2.79. The standard InChI is InChI=1S/C15H20N2S/c1-11-6-4-5-7-14(11)10-12(2)17-13(3)15-16-8-9-18-15/h4-9,12-13,17H,10H2,1-3H3. The Morgan fingerprint density at radius 1 is 1.28 bits per heavy atom. The van der Waals surface area contributed by atoms with Gasteiger partial charge in [-0.25, -0.2) is 4.98 Å². The maximum atomic E-state index is 4.35. The minimum atomic E-state index is 0.323. The van der Waals surface area contributed by atoms with Crippen LogP contribution in [0.4, 0.5) is 0 Å². The number of aryl methyl sites for hydroxylation is 1. The van der Waals surface area contributed by atoms with E-state index in [1.165, 1.54) is 11.1 Å². The molecule has 0 aliphatic rings. The highest BCUT2D eigenvalue weighted by molar-refractivity contribution is 7.09. The van der Waals surface area contributed by atoms with Gasteiger partial charge in [-0.2, -0.15) is 0 Å². The van der Waals surface area contributed by atoms with Crippen molar-refractivity contribution in [3.8, 4) is 0 Å². The summed E-state index contributed by atoms with van der Waals surface area (Å²) in [6.07, 6.45) is 2.92. The summed E-state index contributed by atoms with van der Waals surface area (Å²) in [4.78, 5) is 4.35. The van der Waals surface area contributed by atoms with Gasteiger partial charge >= 0.3 is 0 Å². The Labute approximate surface area is 113 Å². The Balaban J connectivity index is 1.93. The summed E-state index contributed by atoms with van der Waals surface area (Å²) in [5, 5.41) is 6.79. The molecule has 0 fully saturated rings. The Bertz CT molecular complexity index is 479. The lowest BCUT2D eigenvalue weighted by molar-refractivity contribution is 0.475. The number of rotatable bonds is 5. The van der Waals surface area contributed by atoms with Gasteiger partial charge in [0.25, 0.3) is 0 Å². The topological polar surface area (TPSA) is 24.9 Å². The first-order valence-electron chi connectivity index (χ1n) is 6.36. The van der Waals surface area contributed by atoms with Gasteiger partial charge in [-0.1, -0.05) is 24.3 Å². The molecular weight excluding hydrogens is 240 g/mol. The molecule has 18 heavy (non-hydrogen) atoms. The zero-order valence-electron chi connectivity index (χ0n) is 11.2. The summed E-state index contributed by atoms with van der Waals surface area (Å²) in [6, 6.07) is 9.36. The van der Waals surface area contributed by atoms with Gasteiger partial charge in [0.1, 0.15) is 5.01 Å². The first-order chi connectivity index (χ1) is 8.66. The number of hydrogen-bond donors (Lipinski definition) is 1. The molecule has 2 unspecified atom stereocenters. The van der Waals surface area contributed by atoms with E-state index in [1.807, 2.05) is 11.6 Å². The lowest BCUT2D eigenvalue weighted by Crippen LogP contribution is -2.30. The quantitative estimate of drug-likeness (QED) is 0.886. The van der Waals surface area contributed by atoms with Crippen molar-refractivity contribution in [2.24, 2.45) is 0 Å². The Kier molecular flexibility index (Phi) is 4.50. The number of nitrogens with zero attached hydrogens (tertiary/aromatic N) is 1. The fourth-order valence-electron chi connectivity index (χ4n) is 2.17. The van der Waals surface area contributed by atoms with E-state index >= 15 is 0 Å². The summed E-state index contributed by atoms with van der Waals surface area (Å²) in [5.74, 6) is 0. The molecule has 1 N–H and O–H groups in total. The number of hydrogen-bond acceptors (Lipinski definition) is 3. The van der Waals surface area contributed by atoms with E-state index in [0.717, 1.165) is 11.4 Å². The van der Waals surface area contributed by atoms with E-state index in [-0.39, 0.29) is 0 Å². The van der Waals surface area contributed by atoms with Crippen LogP contribution >= 0.6 is 11.3 Å². The molecular formula is C15H20N2S. The second-order valence-electron chi connectivity index (χ2n) is 4.79. The Morgan fingerprint density at radius 2 is 2.06 bits per heavy atom. The molecule has 0 bridgehead atoms. The largest absolute Gasteiger partial charge is 0.305 e. The molecule has 2 aromatic rings. The van der Waals surface area contributed by atoms with Gasteiger partial charge in [0.2, 0.25) is 0 Å². The average molecular weight is 260 g/mol. The average Bonchev–Trinajstić information content (AvgIpc) is 2.85. The molecule has 0 saturated carbocycles. The van der Waals surface area contributed by atoms with Crippen LogP contribution in [0.25, 0.3) is 0 Å². The maximum absolute atomic E-state index is 4.35. The minimum Gasteiger partial charge on any atom is -0.305 e. The fourth-order valence-corrected chi connectivity index (χ4v) is 2.83. The monoisotopic (exact) mass is 260 g/mol. The van der Waals surface area contributed by atoms with Crippen molar-refractivity contribution in [3.05, 3.63) is 52.0 Å². The van der Waals surface area contributed by atoms with Gasteiger partial charge in [-0.3, -0.25) is 0 Å². The van der Waals surface area contributed by atoms with Crippen LogP contribution in [-0.2, 0) is 6.42 Å². The molecule has 0 amide bonds. The molecule has 1 aromatic heterocycles. The van der Waals surface area contributed by atoms with Crippen molar-refractivity contribution >= 4 is 11.3 Å². The summed E-state index contributed by atoms with van der Waals surface area (Å²) in [6.45, 7) is 6.58. The van der Waals surface area contributed by atoms with Crippen LogP contribution in [0, 0.1) is 6.92 Å². The van der Waals surface area contributed by atoms with Gasteiger partial charge in [-0.05, 0) is 38.3 Å². The maximum Gasteiger partial charge on any atom is 0.109 e. The molecule has 0 spiro atoms. The Morgan fingerprint density at radius 3 is 2.72 bits per heavy atom. The van der Waals surface area contributed by atoms with Gasteiger partial charge in [0.05, 0.1) is 6.04 Å². The third kappa shape index (κ3) is 3.40. The van der Waals surface area contributed by atoms with Gasteiger partial charge < -0.3 is 5.32 Å². The van der Waals surface area contributed by atoms with E-state index < -0.39 is 0 Å². The SMILES string of the molecule is Cc1ccccc1CC(C)NC(C)c1nccs1. The van der Waals surface area contributed by atoms with Crippen molar-refractivity contribution in [2.75, 3.05) is 0 Å². The van der Waals surface area contributed by atoms with Crippen LogP contribution in [-0.4, -0.2) is 11.0 Å². The highest BCUT2D eigenvalue weighted by atomic mass is 32.1. The van der Waals surface area contributed by atoms with E-state index in [4.69, 9.17) is 0 Å². The molecule has 3 heteroatoms. The highest BCUT2D eigenvalue weighted by Gasteiger charge is 2.12. The molecule has 2 atom stereocenters. The lowest BCUT2D eigenvalue weighted by Gasteiger charge is -2.19. The smallest absolute Gasteiger partial charge is 0.109 e. The molecule has 1 aromatic carbocycles. The van der Waals surface area contributed by atoms with E-state index in [0.29, 0.717) is 12.1 Å². The van der Waals surface area contributed by atoms with Crippen LogP contribution in [0.1, 0.15) is 36.0 Å². The highest BCUT2D eigenvalue weighted by Crippen LogP contribution is 2.17. The minimum absolute atomic E-state index is 0.323. The molecule has 96 valence electrons. The zero-order chi connectivity index (χ0) is 13.0. The Hall–Kier alpha value is -1.19. The molecule has 0 aliphatic heterocycles. The number of thiazole rings is 1. The summed E-state index contributed by atoms with van der Waals surface area (Å²) < 4.78 is 0. The van der Waals surface area contributed by atoms with Gasteiger partial charge in [0.15, 0.2) is 0 Å². The van der Waals surface area contributed by atoms with Crippen molar-refractivity contribution in [2.45, 2.75) is 39.3 Å². The molecule has 0 aliphatic carbocycles. The van der Waals surface area contributed by atoms with Crippen molar-refractivity contribution in [3.63, 3.8) is 0 Å². The normalized spacial score (nSPS) is 14.4. The predicted octanol–water partition coefficient (Wildman–Crippen LogP) is 3.73. The molecule has 1 heterocycles. The van der Waals surface area contributed by atoms with Crippen molar-refractivity contribution < 1.29 is 0 Å². The van der Waals surface area contributed by atoms with Crippen LogP contribution in [0.5, 0.6) is 0 Å². The molecule has 0 radical (unpaired) electrons. The first-order valence-corrected chi connectivity index (χ1v) is 7.24. The van der Waals surface area contributed by atoms with Gasteiger partial charge in [-0.15, -0.1) is 11.3 Å². The van der Waals surface area contributed by atoms with E-state index in [2.05, 4.69) is 55.3 Å². The van der Waals surface area contributed by atoms with Crippen LogP contribution in [0.2, 0.25) is 0 Å². The van der Waals surface area contributed by atoms with Crippen molar-refractivity contribution in [1.29, 1.82) is 0 Å². The van der Waals surface area contributed by atoms with Gasteiger partial charge in [0, 0.05) is 17.6 Å². The summed E-state index contributed by atoms with van der Waals surface area (Å²) >= 11 is 1.71. The fraction of sp³-hybridized carbons (Fsp3) is 0.400. The lowest BCUT2D eigenvalue weighted by atomic mass is 10.0. The first kappa shape index (κ1) is 13.2. The molecule has 2 rings (SSSR count).